The summed E-state index contributed by atoms with van der Waals surface area (Å²) in [4.78, 5) is 14.1. The second kappa shape index (κ2) is 7.67. The first kappa shape index (κ1) is 21.4. The van der Waals surface area contributed by atoms with Crippen LogP contribution in [0.4, 0.5) is 0 Å². The summed E-state index contributed by atoms with van der Waals surface area (Å²) in [6.45, 7) is 16.3. The lowest BCUT2D eigenvalue weighted by molar-refractivity contribution is 0.201. The molecule has 3 atom stereocenters. The highest BCUT2D eigenvalue weighted by Gasteiger charge is 2.45. The molecule has 6 heteroatoms. The Morgan fingerprint density at radius 3 is 2.67 bits per heavy atom. The van der Waals surface area contributed by atoms with Gasteiger partial charge in [0.2, 0.25) is 0 Å². The van der Waals surface area contributed by atoms with E-state index in [2.05, 4.69) is 67.7 Å². The monoisotopic (exact) mass is 461 g/mol. The van der Waals surface area contributed by atoms with Crippen molar-refractivity contribution in [2.75, 3.05) is 13.1 Å². The van der Waals surface area contributed by atoms with Crippen LogP contribution >= 0.6 is 11.3 Å². The highest BCUT2D eigenvalue weighted by molar-refractivity contribution is 7.19. The Morgan fingerprint density at radius 1 is 1.15 bits per heavy atom. The topological polar surface area (TPSA) is 49.2 Å². The minimum absolute atomic E-state index is 0.445. The molecule has 2 bridgehead atoms. The maximum Gasteiger partial charge on any atom is 0.158 e. The standard InChI is InChI=1S/C27H35N5S/c1-7-8-31-11-18-9-19(31)10-20(18)25-17(6)23-22(14(2)3)24(30-27(23)33-25)21-12-32-26(28-13-29-32)16(5)15(21)4/h12-14,18-20,30H,7-11H2,1-6H3/t18-,19?,20+/m0/s1. The Balaban J connectivity index is 1.46. The second-order valence-electron chi connectivity index (χ2n) is 10.7. The van der Waals surface area contributed by atoms with E-state index in [1.165, 1.54) is 76.1 Å². The van der Waals surface area contributed by atoms with Crippen molar-refractivity contribution in [3.05, 3.63) is 39.7 Å². The molecule has 1 N–H and O–H groups in total. The normalized spacial score (nSPS) is 23.2. The molecule has 6 rings (SSSR count). The molecule has 33 heavy (non-hydrogen) atoms. The number of rotatable bonds is 5. The summed E-state index contributed by atoms with van der Waals surface area (Å²) < 4.78 is 1.92. The molecule has 0 spiro atoms. The third-order valence-corrected chi connectivity index (χ3v) is 9.78. The molecular formula is C27H35N5S. The molecule has 2 fully saturated rings. The number of H-pyrrole nitrogens is 1. The van der Waals surface area contributed by atoms with E-state index in [1.807, 2.05) is 15.9 Å². The average molecular weight is 462 g/mol. The van der Waals surface area contributed by atoms with Gasteiger partial charge in [0.15, 0.2) is 5.65 Å². The molecule has 0 aromatic carbocycles. The summed E-state index contributed by atoms with van der Waals surface area (Å²) in [6, 6.07) is 0.806. The zero-order valence-electron chi connectivity index (χ0n) is 20.7. The van der Waals surface area contributed by atoms with E-state index in [0.29, 0.717) is 5.92 Å². The van der Waals surface area contributed by atoms with Gasteiger partial charge in [-0.25, -0.2) is 9.50 Å². The van der Waals surface area contributed by atoms with Gasteiger partial charge in [0.25, 0.3) is 0 Å². The van der Waals surface area contributed by atoms with Gasteiger partial charge in [0.05, 0.1) is 5.69 Å². The number of aromatic amines is 1. The first-order valence-electron chi connectivity index (χ1n) is 12.6. The van der Waals surface area contributed by atoms with Gasteiger partial charge in [-0.15, -0.1) is 11.3 Å². The van der Waals surface area contributed by atoms with Crippen molar-refractivity contribution < 1.29 is 0 Å². The van der Waals surface area contributed by atoms with E-state index in [9.17, 15) is 0 Å². The largest absolute Gasteiger partial charge is 0.346 e. The fourth-order valence-electron chi connectivity index (χ4n) is 6.77. The van der Waals surface area contributed by atoms with Gasteiger partial charge in [-0.05, 0) is 86.6 Å². The molecule has 2 aliphatic rings. The van der Waals surface area contributed by atoms with Crippen molar-refractivity contribution >= 4 is 27.2 Å². The van der Waals surface area contributed by atoms with Crippen molar-refractivity contribution in [3.63, 3.8) is 0 Å². The average Bonchev–Trinajstić information content (AvgIpc) is 3.57. The van der Waals surface area contributed by atoms with E-state index in [1.54, 1.807) is 11.2 Å². The van der Waals surface area contributed by atoms with Crippen molar-refractivity contribution in [1.29, 1.82) is 0 Å². The molecular weight excluding hydrogens is 426 g/mol. The minimum Gasteiger partial charge on any atom is -0.346 e. The van der Waals surface area contributed by atoms with Crippen LogP contribution in [-0.4, -0.2) is 43.6 Å². The molecule has 1 unspecified atom stereocenters. The van der Waals surface area contributed by atoms with Gasteiger partial charge < -0.3 is 9.88 Å². The first-order chi connectivity index (χ1) is 15.9. The Labute approximate surface area is 200 Å². The number of aryl methyl sites for hydroxylation is 2. The number of aromatic nitrogens is 4. The third-order valence-electron chi connectivity index (χ3n) is 8.44. The summed E-state index contributed by atoms with van der Waals surface area (Å²) in [5.41, 5.74) is 8.93. The molecule has 0 radical (unpaired) electrons. The van der Waals surface area contributed by atoms with Gasteiger partial charge in [-0.3, -0.25) is 0 Å². The number of thiophene rings is 1. The Hall–Kier alpha value is -2.18. The van der Waals surface area contributed by atoms with Gasteiger partial charge >= 0.3 is 0 Å². The van der Waals surface area contributed by atoms with Crippen LogP contribution in [-0.2, 0) is 0 Å². The van der Waals surface area contributed by atoms with Crippen molar-refractivity contribution in [2.45, 2.75) is 78.7 Å². The summed E-state index contributed by atoms with van der Waals surface area (Å²) in [7, 11) is 0. The summed E-state index contributed by atoms with van der Waals surface area (Å²) in [6.07, 6.45) is 7.82. The van der Waals surface area contributed by atoms with Crippen molar-refractivity contribution in [2.24, 2.45) is 5.92 Å². The molecule has 1 aliphatic heterocycles. The summed E-state index contributed by atoms with van der Waals surface area (Å²) in [5, 5.41) is 5.91. The number of nitrogens with zero attached hydrogens (tertiary/aromatic N) is 4. The quantitative estimate of drug-likeness (QED) is 0.365. The molecule has 5 nitrogen and oxygen atoms in total. The van der Waals surface area contributed by atoms with Crippen LogP contribution in [0, 0.1) is 26.7 Å². The Bertz CT molecular complexity index is 1360. The summed E-state index contributed by atoms with van der Waals surface area (Å²) >= 11 is 2.03. The van der Waals surface area contributed by atoms with Gasteiger partial charge in [0.1, 0.15) is 11.2 Å². The number of hydrogen-bond acceptors (Lipinski definition) is 4. The van der Waals surface area contributed by atoms with Crippen LogP contribution in [0.15, 0.2) is 12.5 Å². The summed E-state index contributed by atoms with van der Waals surface area (Å²) in [5.74, 6) is 2.03. The zero-order chi connectivity index (χ0) is 23.0. The zero-order valence-corrected chi connectivity index (χ0v) is 21.5. The molecule has 0 amide bonds. The number of piperidine rings is 1. The molecule has 174 valence electrons. The van der Waals surface area contributed by atoms with Crippen LogP contribution in [0.25, 0.3) is 27.1 Å². The molecule has 4 aromatic rings. The lowest BCUT2D eigenvalue weighted by atomic mass is 9.88. The molecule has 1 saturated heterocycles. The van der Waals surface area contributed by atoms with Gasteiger partial charge in [-0.2, -0.15) is 5.10 Å². The van der Waals surface area contributed by atoms with E-state index in [-0.39, 0.29) is 0 Å². The van der Waals surface area contributed by atoms with Crippen molar-refractivity contribution in [3.8, 4) is 11.3 Å². The predicted octanol–water partition coefficient (Wildman–Crippen LogP) is 6.58. The van der Waals surface area contributed by atoms with E-state index >= 15 is 0 Å². The lowest BCUT2D eigenvalue weighted by Crippen LogP contribution is -2.35. The van der Waals surface area contributed by atoms with Crippen LogP contribution in [0.3, 0.4) is 0 Å². The maximum atomic E-state index is 4.45. The van der Waals surface area contributed by atoms with Gasteiger partial charge in [-0.1, -0.05) is 20.8 Å². The molecule has 1 saturated carbocycles. The molecule has 5 heterocycles. The minimum atomic E-state index is 0.445. The highest BCUT2D eigenvalue weighted by atomic mass is 32.1. The Morgan fingerprint density at radius 2 is 1.97 bits per heavy atom. The van der Waals surface area contributed by atoms with Crippen LogP contribution in [0.5, 0.6) is 0 Å². The van der Waals surface area contributed by atoms with E-state index in [0.717, 1.165) is 23.5 Å². The second-order valence-corrected chi connectivity index (χ2v) is 11.7. The van der Waals surface area contributed by atoms with E-state index < -0.39 is 0 Å². The highest BCUT2D eigenvalue weighted by Crippen LogP contribution is 2.53. The predicted molar refractivity (Wildman–Crippen MR) is 138 cm³/mol. The number of hydrogen-bond donors (Lipinski definition) is 1. The number of pyridine rings is 1. The fraction of sp³-hybridized carbons (Fsp3) is 0.556. The smallest absolute Gasteiger partial charge is 0.158 e. The van der Waals surface area contributed by atoms with Crippen LogP contribution in [0.1, 0.15) is 79.0 Å². The van der Waals surface area contributed by atoms with Crippen LogP contribution in [0.2, 0.25) is 0 Å². The van der Waals surface area contributed by atoms with Crippen LogP contribution < -0.4 is 0 Å². The maximum absolute atomic E-state index is 4.45. The molecule has 4 aromatic heterocycles. The van der Waals surface area contributed by atoms with Gasteiger partial charge in [0, 0.05) is 34.6 Å². The molecule has 1 aliphatic carbocycles. The first-order valence-corrected chi connectivity index (χ1v) is 13.4. The number of likely N-dealkylation sites (tertiary alicyclic amines) is 1. The SMILES string of the molecule is CCCN1C[C@@H]2CC1C[C@H]2c1sc2[nH]c(-c3cn4ncnc4c(C)c3C)c(C(C)C)c2c1C. The Kier molecular flexibility index (Phi) is 4.97. The number of nitrogens with one attached hydrogen (secondary N) is 1. The van der Waals surface area contributed by atoms with Crippen molar-refractivity contribution in [1.82, 2.24) is 24.5 Å². The third kappa shape index (κ3) is 3.06. The lowest BCUT2D eigenvalue weighted by Gasteiger charge is -2.31. The number of fused-ring (bicyclic) bond motifs is 4. The van der Waals surface area contributed by atoms with E-state index in [4.69, 9.17) is 0 Å². The fourth-order valence-corrected chi connectivity index (χ4v) is 8.21.